The van der Waals surface area contributed by atoms with Gasteiger partial charge in [0.15, 0.2) is 5.78 Å². The maximum absolute atomic E-state index is 13.5. The average Bonchev–Trinajstić information content (AvgIpc) is 3.02. The number of hydrogen-bond donors (Lipinski definition) is 0. The smallest absolute Gasteiger partial charge is 0.320 e. The van der Waals surface area contributed by atoms with E-state index in [9.17, 15) is 9.59 Å². The number of carbonyl (C=O) groups is 2. The molecule has 0 saturated heterocycles. The van der Waals surface area contributed by atoms with Crippen LogP contribution in [0, 0.1) is 23.2 Å². The zero-order valence-corrected chi connectivity index (χ0v) is 19.3. The minimum Gasteiger partial charge on any atom is -0.461 e. The minimum atomic E-state index is -1.05. The van der Waals surface area contributed by atoms with E-state index in [2.05, 4.69) is 64.1 Å². The molecule has 3 heteroatoms. The lowest BCUT2D eigenvalue weighted by Gasteiger charge is -2.44. The number of rotatable bonds is 6. The third kappa shape index (κ3) is 4.26. The molecule has 2 saturated carbocycles. The van der Waals surface area contributed by atoms with Gasteiger partial charge in [-0.2, -0.15) is 0 Å². The van der Waals surface area contributed by atoms with Gasteiger partial charge in [-0.1, -0.05) is 76.6 Å². The summed E-state index contributed by atoms with van der Waals surface area (Å²) in [6, 6.07) is 10.5. The molecule has 0 amide bonds. The van der Waals surface area contributed by atoms with E-state index in [1.54, 1.807) is 6.92 Å². The van der Waals surface area contributed by atoms with E-state index in [-0.39, 0.29) is 35.1 Å². The van der Waals surface area contributed by atoms with Crippen molar-refractivity contribution < 1.29 is 14.3 Å². The van der Waals surface area contributed by atoms with Crippen LogP contribution in [0.15, 0.2) is 42.5 Å². The minimum absolute atomic E-state index is 0.0287. The standard InChI is InChI=1S/C27H38O3/c1-6-7-11-21-15-17-24(28)27(21,5)25(29)30-23-18-19(2)14-16-22(23)26(3,4)20-12-9-8-10-13-20/h7-13,19,21-23H,6,14-18H2,1-5H3/b11-7+/t19-,21+,22-,23-,27+/m1/s1. The number of ether oxygens (including phenoxy) is 1. The van der Waals surface area contributed by atoms with Crippen LogP contribution in [-0.2, 0) is 19.7 Å². The molecule has 0 spiro atoms. The fourth-order valence-corrected chi connectivity index (χ4v) is 5.52. The average molecular weight is 411 g/mol. The molecule has 1 aromatic rings. The van der Waals surface area contributed by atoms with E-state index in [1.807, 2.05) is 6.07 Å². The Morgan fingerprint density at radius 1 is 1.20 bits per heavy atom. The lowest BCUT2D eigenvalue weighted by atomic mass is 9.64. The summed E-state index contributed by atoms with van der Waals surface area (Å²) in [7, 11) is 0. The van der Waals surface area contributed by atoms with Crippen LogP contribution in [0.2, 0.25) is 0 Å². The van der Waals surface area contributed by atoms with Crippen molar-refractivity contribution in [2.45, 2.75) is 84.7 Å². The van der Waals surface area contributed by atoms with E-state index < -0.39 is 5.41 Å². The Balaban J connectivity index is 1.85. The van der Waals surface area contributed by atoms with Crippen molar-refractivity contribution in [3.05, 3.63) is 48.0 Å². The molecule has 0 radical (unpaired) electrons. The predicted molar refractivity (Wildman–Crippen MR) is 121 cm³/mol. The third-order valence-corrected chi connectivity index (χ3v) is 7.79. The van der Waals surface area contributed by atoms with Gasteiger partial charge < -0.3 is 4.74 Å². The molecule has 0 bridgehead atoms. The maximum atomic E-state index is 13.5. The van der Waals surface area contributed by atoms with Crippen molar-refractivity contribution in [3.63, 3.8) is 0 Å². The normalized spacial score (nSPS) is 32.5. The lowest BCUT2D eigenvalue weighted by molar-refractivity contribution is -0.171. The Morgan fingerprint density at radius 3 is 2.57 bits per heavy atom. The Bertz CT molecular complexity index is 779. The van der Waals surface area contributed by atoms with Gasteiger partial charge in [0.1, 0.15) is 11.5 Å². The van der Waals surface area contributed by atoms with Gasteiger partial charge in [-0.3, -0.25) is 9.59 Å². The second-order valence-corrected chi connectivity index (χ2v) is 10.2. The van der Waals surface area contributed by atoms with Crippen LogP contribution in [-0.4, -0.2) is 17.9 Å². The van der Waals surface area contributed by atoms with Crippen LogP contribution in [0.5, 0.6) is 0 Å². The molecule has 0 aromatic heterocycles. The number of allylic oxidation sites excluding steroid dienone is 2. The Kier molecular flexibility index (Phi) is 6.89. The fourth-order valence-electron chi connectivity index (χ4n) is 5.52. The number of ketones is 1. The van der Waals surface area contributed by atoms with Gasteiger partial charge in [-0.05, 0) is 49.5 Å². The zero-order valence-electron chi connectivity index (χ0n) is 19.3. The number of carbonyl (C=O) groups excluding carboxylic acids is 2. The van der Waals surface area contributed by atoms with Crippen LogP contribution in [0.3, 0.4) is 0 Å². The lowest BCUT2D eigenvalue weighted by Crippen LogP contribution is -2.47. The molecule has 3 rings (SSSR count). The van der Waals surface area contributed by atoms with E-state index >= 15 is 0 Å². The molecule has 5 atom stereocenters. The van der Waals surface area contributed by atoms with Gasteiger partial charge in [0.05, 0.1) is 0 Å². The quantitative estimate of drug-likeness (QED) is 0.316. The molecule has 3 nitrogen and oxygen atoms in total. The van der Waals surface area contributed by atoms with Crippen molar-refractivity contribution in [1.82, 2.24) is 0 Å². The highest BCUT2D eigenvalue weighted by molar-refractivity contribution is 6.05. The maximum Gasteiger partial charge on any atom is 0.320 e. The molecule has 0 heterocycles. The molecule has 0 N–H and O–H groups in total. The Hall–Kier alpha value is -1.90. The van der Waals surface area contributed by atoms with E-state index in [4.69, 9.17) is 4.74 Å². The van der Waals surface area contributed by atoms with Crippen molar-refractivity contribution in [2.24, 2.45) is 23.2 Å². The SMILES string of the molecule is CC/C=C/[C@H]1CCC(=O)[C@@]1(C)C(=O)O[C@@H]1C[C@H](C)CC[C@H]1C(C)(C)c1ccccc1. The Labute approximate surface area is 182 Å². The summed E-state index contributed by atoms with van der Waals surface area (Å²) in [5.41, 5.74) is 0.125. The van der Waals surface area contributed by atoms with Crippen LogP contribution >= 0.6 is 0 Å². The summed E-state index contributed by atoms with van der Waals surface area (Å²) >= 11 is 0. The van der Waals surface area contributed by atoms with Crippen LogP contribution in [0.1, 0.15) is 78.7 Å². The van der Waals surface area contributed by atoms with E-state index in [0.717, 1.165) is 32.1 Å². The van der Waals surface area contributed by atoms with E-state index in [1.165, 1.54) is 5.56 Å². The van der Waals surface area contributed by atoms with E-state index in [0.29, 0.717) is 12.3 Å². The Morgan fingerprint density at radius 2 is 1.90 bits per heavy atom. The molecule has 2 fully saturated rings. The van der Waals surface area contributed by atoms with Crippen LogP contribution < -0.4 is 0 Å². The number of esters is 1. The monoisotopic (exact) mass is 410 g/mol. The topological polar surface area (TPSA) is 43.4 Å². The molecular weight excluding hydrogens is 372 g/mol. The summed E-state index contributed by atoms with van der Waals surface area (Å²) < 4.78 is 6.26. The third-order valence-electron chi connectivity index (χ3n) is 7.79. The van der Waals surface area contributed by atoms with Gasteiger partial charge in [0, 0.05) is 18.3 Å². The molecule has 1 aromatic carbocycles. The highest BCUT2D eigenvalue weighted by Crippen LogP contribution is 2.47. The molecule has 2 aliphatic carbocycles. The molecule has 0 unspecified atom stereocenters. The highest BCUT2D eigenvalue weighted by Gasteiger charge is 2.53. The summed E-state index contributed by atoms with van der Waals surface area (Å²) in [5.74, 6) is 0.419. The molecule has 0 aliphatic heterocycles. The molecule has 164 valence electrons. The van der Waals surface area contributed by atoms with Crippen LogP contribution in [0.4, 0.5) is 0 Å². The first-order chi connectivity index (χ1) is 14.2. The van der Waals surface area contributed by atoms with Crippen molar-refractivity contribution in [3.8, 4) is 0 Å². The predicted octanol–water partition coefficient (Wildman–Crippen LogP) is 6.26. The van der Waals surface area contributed by atoms with Gasteiger partial charge in [0.2, 0.25) is 0 Å². The summed E-state index contributed by atoms with van der Waals surface area (Å²) in [5, 5.41) is 0. The summed E-state index contributed by atoms with van der Waals surface area (Å²) in [4.78, 5) is 26.2. The zero-order chi connectivity index (χ0) is 21.9. The van der Waals surface area contributed by atoms with Crippen molar-refractivity contribution in [2.75, 3.05) is 0 Å². The van der Waals surface area contributed by atoms with Gasteiger partial charge in [-0.25, -0.2) is 0 Å². The first kappa shape index (κ1) is 22.8. The number of hydrogen-bond acceptors (Lipinski definition) is 3. The molecule has 30 heavy (non-hydrogen) atoms. The number of benzene rings is 1. The first-order valence-corrected chi connectivity index (χ1v) is 11.7. The highest BCUT2D eigenvalue weighted by atomic mass is 16.5. The van der Waals surface area contributed by atoms with Crippen molar-refractivity contribution in [1.29, 1.82) is 0 Å². The van der Waals surface area contributed by atoms with Crippen LogP contribution in [0.25, 0.3) is 0 Å². The van der Waals surface area contributed by atoms with Crippen molar-refractivity contribution >= 4 is 11.8 Å². The van der Waals surface area contributed by atoms with Gasteiger partial charge >= 0.3 is 5.97 Å². The van der Waals surface area contributed by atoms with Gasteiger partial charge in [0.25, 0.3) is 0 Å². The first-order valence-electron chi connectivity index (χ1n) is 11.7. The number of Topliss-reactive ketones (excluding diaryl/α,β-unsaturated/α-hetero) is 1. The second-order valence-electron chi connectivity index (χ2n) is 10.2. The molecular formula is C27H38O3. The fraction of sp³-hybridized carbons (Fsp3) is 0.630. The van der Waals surface area contributed by atoms with Gasteiger partial charge in [-0.15, -0.1) is 0 Å². The summed E-state index contributed by atoms with van der Waals surface area (Å²) in [6.45, 7) is 10.6. The largest absolute Gasteiger partial charge is 0.461 e. The summed E-state index contributed by atoms with van der Waals surface area (Å²) in [6.07, 6.45) is 9.12. The molecule has 2 aliphatic rings. The second kappa shape index (κ2) is 9.08.